The molecule has 1 aromatic carbocycles. The van der Waals surface area contributed by atoms with Crippen molar-refractivity contribution in [1.82, 2.24) is 10.3 Å². The van der Waals surface area contributed by atoms with Crippen molar-refractivity contribution in [3.63, 3.8) is 0 Å². The minimum Gasteiger partial charge on any atom is -0.308 e. The Balaban J connectivity index is 1.62. The standard InChI is InChI=1S/C13H15N3OS/c17-12(16-13-15-8-9-18-13)10-14-7-6-11-4-2-1-3-5-11/h1-5,8-9,14H,6-7,10H2,(H,15,16,17). The number of aromatic nitrogens is 1. The third kappa shape index (κ3) is 4.27. The maximum Gasteiger partial charge on any atom is 0.240 e. The van der Waals surface area contributed by atoms with Gasteiger partial charge in [0.05, 0.1) is 6.54 Å². The molecule has 0 saturated heterocycles. The molecule has 2 N–H and O–H groups in total. The van der Waals surface area contributed by atoms with Crippen LogP contribution < -0.4 is 10.6 Å². The molecule has 18 heavy (non-hydrogen) atoms. The molecule has 1 aromatic heterocycles. The minimum atomic E-state index is -0.0574. The van der Waals surface area contributed by atoms with E-state index >= 15 is 0 Å². The van der Waals surface area contributed by atoms with Crippen LogP contribution in [-0.2, 0) is 11.2 Å². The number of nitrogens with zero attached hydrogens (tertiary/aromatic N) is 1. The highest BCUT2D eigenvalue weighted by Crippen LogP contribution is 2.09. The summed E-state index contributed by atoms with van der Waals surface area (Å²) in [5.74, 6) is -0.0574. The van der Waals surface area contributed by atoms with E-state index in [1.54, 1.807) is 6.20 Å². The molecule has 0 spiro atoms. The number of rotatable bonds is 6. The van der Waals surface area contributed by atoms with Crippen LogP contribution >= 0.6 is 11.3 Å². The molecule has 1 amide bonds. The van der Waals surface area contributed by atoms with Gasteiger partial charge in [-0.25, -0.2) is 4.98 Å². The van der Waals surface area contributed by atoms with Gasteiger partial charge in [-0.3, -0.25) is 4.79 Å². The van der Waals surface area contributed by atoms with Gasteiger partial charge in [0.2, 0.25) is 5.91 Å². The Kier molecular flexibility index (Phi) is 4.87. The Morgan fingerprint density at radius 2 is 2.11 bits per heavy atom. The number of carbonyl (C=O) groups excluding carboxylic acids is 1. The average Bonchev–Trinajstić information content (AvgIpc) is 2.89. The van der Waals surface area contributed by atoms with E-state index in [1.807, 2.05) is 23.6 Å². The smallest absolute Gasteiger partial charge is 0.240 e. The van der Waals surface area contributed by atoms with Crippen LogP contribution in [-0.4, -0.2) is 24.0 Å². The molecule has 2 rings (SSSR count). The fourth-order valence-electron chi connectivity index (χ4n) is 1.53. The maximum atomic E-state index is 11.5. The first-order valence-electron chi connectivity index (χ1n) is 5.78. The van der Waals surface area contributed by atoms with Crippen molar-refractivity contribution >= 4 is 22.4 Å². The Labute approximate surface area is 110 Å². The van der Waals surface area contributed by atoms with E-state index in [4.69, 9.17) is 0 Å². The fraction of sp³-hybridized carbons (Fsp3) is 0.231. The molecule has 0 fully saturated rings. The molecule has 2 aromatic rings. The van der Waals surface area contributed by atoms with Gasteiger partial charge >= 0.3 is 0 Å². The Morgan fingerprint density at radius 1 is 1.28 bits per heavy atom. The quantitative estimate of drug-likeness (QED) is 0.781. The molecule has 0 atom stereocenters. The van der Waals surface area contributed by atoms with Crippen LogP contribution in [0.3, 0.4) is 0 Å². The third-order valence-corrected chi connectivity index (χ3v) is 3.09. The highest BCUT2D eigenvalue weighted by Gasteiger charge is 2.02. The predicted molar refractivity (Wildman–Crippen MR) is 73.8 cm³/mol. The molecule has 1 heterocycles. The SMILES string of the molecule is O=C(CNCCc1ccccc1)Nc1nccs1. The van der Waals surface area contributed by atoms with Crippen LogP contribution in [0.25, 0.3) is 0 Å². The van der Waals surface area contributed by atoms with E-state index < -0.39 is 0 Å². The summed E-state index contributed by atoms with van der Waals surface area (Å²) in [5, 5.41) is 8.31. The van der Waals surface area contributed by atoms with Gasteiger partial charge < -0.3 is 10.6 Å². The molecule has 5 heteroatoms. The van der Waals surface area contributed by atoms with Crippen molar-refractivity contribution in [2.24, 2.45) is 0 Å². The van der Waals surface area contributed by atoms with E-state index in [0.717, 1.165) is 13.0 Å². The second-order valence-corrected chi connectivity index (χ2v) is 4.69. The van der Waals surface area contributed by atoms with Crippen molar-refractivity contribution in [2.45, 2.75) is 6.42 Å². The van der Waals surface area contributed by atoms with Crippen LogP contribution in [0.2, 0.25) is 0 Å². The number of benzene rings is 1. The summed E-state index contributed by atoms with van der Waals surface area (Å²) >= 11 is 1.42. The zero-order chi connectivity index (χ0) is 12.6. The van der Waals surface area contributed by atoms with E-state index in [0.29, 0.717) is 11.7 Å². The van der Waals surface area contributed by atoms with Crippen LogP contribution in [0, 0.1) is 0 Å². The summed E-state index contributed by atoms with van der Waals surface area (Å²) < 4.78 is 0. The van der Waals surface area contributed by atoms with Gasteiger partial charge in [-0.05, 0) is 18.5 Å². The lowest BCUT2D eigenvalue weighted by Gasteiger charge is -2.04. The molecular weight excluding hydrogens is 246 g/mol. The van der Waals surface area contributed by atoms with Gasteiger partial charge in [-0.1, -0.05) is 30.3 Å². The normalized spacial score (nSPS) is 10.2. The first kappa shape index (κ1) is 12.7. The summed E-state index contributed by atoms with van der Waals surface area (Å²) in [6.45, 7) is 1.10. The van der Waals surface area contributed by atoms with Crippen LogP contribution in [0.1, 0.15) is 5.56 Å². The van der Waals surface area contributed by atoms with E-state index in [2.05, 4.69) is 27.8 Å². The Morgan fingerprint density at radius 3 is 2.83 bits per heavy atom. The number of anilines is 1. The molecule has 0 radical (unpaired) electrons. The number of amides is 1. The van der Waals surface area contributed by atoms with Gasteiger partial charge in [0.25, 0.3) is 0 Å². The minimum absolute atomic E-state index is 0.0574. The molecule has 0 aliphatic rings. The molecule has 0 aliphatic heterocycles. The van der Waals surface area contributed by atoms with Crippen molar-refractivity contribution in [3.05, 3.63) is 47.5 Å². The number of carbonyl (C=O) groups is 1. The second kappa shape index (κ2) is 6.88. The topological polar surface area (TPSA) is 54.0 Å². The summed E-state index contributed by atoms with van der Waals surface area (Å²) in [7, 11) is 0. The summed E-state index contributed by atoms with van der Waals surface area (Å²) in [6, 6.07) is 10.2. The fourth-order valence-corrected chi connectivity index (χ4v) is 2.07. The lowest BCUT2D eigenvalue weighted by molar-refractivity contribution is -0.115. The lowest BCUT2D eigenvalue weighted by Crippen LogP contribution is -2.29. The van der Waals surface area contributed by atoms with Crippen LogP contribution in [0.15, 0.2) is 41.9 Å². The number of hydrogen-bond acceptors (Lipinski definition) is 4. The van der Waals surface area contributed by atoms with Gasteiger partial charge in [0, 0.05) is 11.6 Å². The average molecular weight is 261 g/mol. The van der Waals surface area contributed by atoms with Crippen molar-refractivity contribution < 1.29 is 4.79 Å². The molecule has 4 nitrogen and oxygen atoms in total. The summed E-state index contributed by atoms with van der Waals surface area (Å²) in [4.78, 5) is 15.5. The summed E-state index contributed by atoms with van der Waals surface area (Å²) in [5.41, 5.74) is 1.27. The van der Waals surface area contributed by atoms with Crippen molar-refractivity contribution in [2.75, 3.05) is 18.4 Å². The Bertz CT molecular complexity index is 470. The number of nitrogens with one attached hydrogen (secondary N) is 2. The van der Waals surface area contributed by atoms with Gasteiger partial charge in [0.1, 0.15) is 0 Å². The zero-order valence-electron chi connectivity index (χ0n) is 9.93. The number of hydrogen-bond donors (Lipinski definition) is 2. The van der Waals surface area contributed by atoms with Gasteiger partial charge in [-0.15, -0.1) is 11.3 Å². The van der Waals surface area contributed by atoms with Crippen LogP contribution in [0.4, 0.5) is 5.13 Å². The van der Waals surface area contributed by atoms with E-state index in [-0.39, 0.29) is 5.91 Å². The first-order chi connectivity index (χ1) is 8.84. The van der Waals surface area contributed by atoms with Crippen molar-refractivity contribution in [3.8, 4) is 0 Å². The predicted octanol–water partition coefficient (Wildman–Crippen LogP) is 1.91. The monoisotopic (exact) mass is 261 g/mol. The summed E-state index contributed by atoms with van der Waals surface area (Å²) in [6.07, 6.45) is 2.59. The van der Waals surface area contributed by atoms with Gasteiger partial charge in [0.15, 0.2) is 5.13 Å². The molecular formula is C13H15N3OS. The van der Waals surface area contributed by atoms with E-state index in [9.17, 15) is 4.79 Å². The molecule has 0 saturated carbocycles. The largest absolute Gasteiger partial charge is 0.308 e. The van der Waals surface area contributed by atoms with Gasteiger partial charge in [-0.2, -0.15) is 0 Å². The zero-order valence-corrected chi connectivity index (χ0v) is 10.7. The number of thiazole rings is 1. The highest BCUT2D eigenvalue weighted by molar-refractivity contribution is 7.13. The lowest BCUT2D eigenvalue weighted by atomic mass is 10.1. The molecule has 0 aliphatic carbocycles. The van der Waals surface area contributed by atoms with Crippen LogP contribution in [0.5, 0.6) is 0 Å². The second-order valence-electron chi connectivity index (χ2n) is 3.80. The first-order valence-corrected chi connectivity index (χ1v) is 6.66. The highest BCUT2D eigenvalue weighted by atomic mass is 32.1. The maximum absolute atomic E-state index is 11.5. The van der Waals surface area contributed by atoms with Crippen molar-refractivity contribution in [1.29, 1.82) is 0 Å². The Hall–Kier alpha value is -1.72. The molecule has 0 bridgehead atoms. The third-order valence-electron chi connectivity index (χ3n) is 2.40. The van der Waals surface area contributed by atoms with E-state index in [1.165, 1.54) is 16.9 Å². The molecule has 94 valence electrons. The molecule has 0 unspecified atom stereocenters.